The Hall–Kier alpha value is -2.43. The number of thiol groups is 1. The van der Waals surface area contributed by atoms with Gasteiger partial charge in [0.1, 0.15) is 6.04 Å². The first kappa shape index (κ1) is 27.8. The van der Waals surface area contributed by atoms with E-state index in [1.807, 2.05) is 55.6 Å². The van der Waals surface area contributed by atoms with E-state index < -0.39 is 24.0 Å². The molecule has 1 amide bonds. The molecule has 2 aromatic rings. The smallest absolute Gasteiger partial charge is 0.328 e. The molecule has 3 atom stereocenters. The summed E-state index contributed by atoms with van der Waals surface area (Å²) in [6, 6.07) is 12.5. The van der Waals surface area contributed by atoms with Gasteiger partial charge in [-0.05, 0) is 37.0 Å². The lowest BCUT2D eigenvalue weighted by atomic mass is 10.1. The number of hydrogen-bond acceptors (Lipinski definition) is 9. The van der Waals surface area contributed by atoms with E-state index in [1.54, 1.807) is 11.8 Å². The highest BCUT2D eigenvalue weighted by atomic mass is 32.2. The summed E-state index contributed by atoms with van der Waals surface area (Å²) in [6.45, 7) is 2.30. The van der Waals surface area contributed by atoms with Crippen molar-refractivity contribution >= 4 is 42.0 Å². The Morgan fingerprint density at radius 3 is 2.56 bits per heavy atom. The van der Waals surface area contributed by atoms with Crippen molar-refractivity contribution in [1.29, 1.82) is 0 Å². The Balaban J connectivity index is 2.27. The lowest BCUT2D eigenvalue weighted by molar-refractivity contribution is -0.146. The zero-order chi connectivity index (χ0) is 24.9. The number of pyridine rings is 1. The summed E-state index contributed by atoms with van der Waals surface area (Å²) in [5, 5.41) is 6.01. The van der Waals surface area contributed by atoms with Crippen molar-refractivity contribution in [3.8, 4) is 17.1 Å². The van der Waals surface area contributed by atoms with Crippen LogP contribution in [0.3, 0.4) is 0 Å². The molecule has 0 spiro atoms. The van der Waals surface area contributed by atoms with Crippen LogP contribution in [0.1, 0.15) is 19.8 Å². The van der Waals surface area contributed by atoms with E-state index in [0.29, 0.717) is 42.3 Å². The van der Waals surface area contributed by atoms with Crippen molar-refractivity contribution in [3.63, 3.8) is 0 Å². The molecule has 0 saturated heterocycles. The number of amides is 1. The normalized spacial score (nSPS) is 13.4. The van der Waals surface area contributed by atoms with Gasteiger partial charge in [-0.25, -0.2) is 9.78 Å². The number of anilines is 1. The van der Waals surface area contributed by atoms with Gasteiger partial charge >= 0.3 is 5.97 Å². The van der Waals surface area contributed by atoms with Gasteiger partial charge in [0, 0.05) is 23.9 Å². The predicted octanol–water partition coefficient (Wildman–Crippen LogP) is 2.99. The summed E-state index contributed by atoms with van der Waals surface area (Å²) in [5.41, 5.74) is 8.25. The van der Waals surface area contributed by atoms with E-state index in [1.165, 1.54) is 7.11 Å². The molecule has 0 bridgehead atoms. The molecule has 8 nitrogen and oxygen atoms in total. The lowest BCUT2D eigenvalue weighted by Crippen LogP contribution is -2.47. The standard InChI is InChI=1S/C24H34N4O4S2/c1-4-21(22(29)27-20(12-13-34-3)24(30)31-2)32-23-19(26-14-17(25)15-33)11-10-18(28-23)16-8-6-5-7-9-16/h5-11,17,20-21,26,33H,4,12-15,25H2,1-3H3,(H,27,29)/t17?,20-,21+/m0/s1. The van der Waals surface area contributed by atoms with Crippen molar-refractivity contribution < 1.29 is 19.1 Å². The zero-order valence-corrected chi connectivity index (χ0v) is 21.5. The molecule has 0 aliphatic rings. The van der Waals surface area contributed by atoms with Gasteiger partial charge in [0.05, 0.1) is 18.5 Å². The third-order valence-corrected chi connectivity index (χ3v) is 6.16. The number of nitrogens with zero attached hydrogens (tertiary/aromatic N) is 1. The summed E-state index contributed by atoms with van der Waals surface area (Å²) in [4.78, 5) is 29.8. The minimum absolute atomic E-state index is 0.160. The molecule has 34 heavy (non-hydrogen) atoms. The molecule has 1 aromatic heterocycles. The number of methoxy groups -OCH3 is 1. The van der Waals surface area contributed by atoms with Gasteiger partial charge in [0.25, 0.3) is 5.91 Å². The second-order valence-electron chi connectivity index (χ2n) is 7.62. The average molecular weight is 507 g/mol. The fraction of sp³-hybridized carbons (Fsp3) is 0.458. The number of carbonyl (C=O) groups excluding carboxylic acids is 2. The minimum atomic E-state index is -0.848. The highest BCUT2D eigenvalue weighted by Gasteiger charge is 2.27. The first-order chi connectivity index (χ1) is 16.4. The Labute approximate surface area is 211 Å². The summed E-state index contributed by atoms with van der Waals surface area (Å²) in [6.07, 6.45) is 1.94. The number of rotatable bonds is 14. The average Bonchev–Trinajstić information content (AvgIpc) is 2.88. The molecular weight excluding hydrogens is 472 g/mol. The van der Waals surface area contributed by atoms with E-state index in [0.717, 1.165) is 5.56 Å². The molecule has 4 N–H and O–H groups in total. The molecule has 10 heteroatoms. The first-order valence-electron chi connectivity index (χ1n) is 11.1. The Morgan fingerprint density at radius 2 is 1.94 bits per heavy atom. The summed E-state index contributed by atoms with van der Waals surface area (Å²) < 4.78 is 10.9. The Morgan fingerprint density at radius 1 is 1.21 bits per heavy atom. The molecule has 0 saturated carbocycles. The van der Waals surface area contributed by atoms with Gasteiger partial charge in [0.15, 0.2) is 6.10 Å². The second-order valence-corrected chi connectivity index (χ2v) is 8.97. The highest BCUT2D eigenvalue weighted by molar-refractivity contribution is 7.98. The van der Waals surface area contributed by atoms with Gasteiger partial charge in [-0.2, -0.15) is 24.4 Å². The zero-order valence-electron chi connectivity index (χ0n) is 19.8. The largest absolute Gasteiger partial charge is 0.467 e. The molecule has 0 aliphatic heterocycles. The molecule has 1 unspecified atom stereocenters. The number of nitrogens with one attached hydrogen (secondary N) is 2. The van der Waals surface area contributed by atoms with Crippen LogP contribution in [0.15, 0.2) is 42.5 Å². The summed E-state index contributed by atoms with van der Waals surface area (Å²) in [5.74, 6) is 0.628. The van der Waals surface area contributed by atoms with Gasteiger partial charge in [-0.3, -0.25) is 4.79 Å². The second kappa shape index (κ2) is 14.7. The van der Waals surface area contributed by atoms with Gasteiger partial charge in [-0.1, -0.05) is 37.3 Å². The topological polar surface area (TPSA) is 116 Å². The van der Waals surface area contributed by atoms with Crippen molar-refractivity contribution in [2.45, 2.75) is 38.0 Å². The van der Waals surface area contributed by atoms with Crippen LogP contribution in [0.4, 0.5) is 5.69 Å². The quantitative estimate of drug-likeness (QED) is 0.228. The van der Waals surface area contributed by atoms with Crippen LogP contribution in [0.25, 0.3) is 11.3 Å². The third-order valence-electron chi connectivity index (χ3n) is 5.05. The van der Waals surface area contributed by atoms with Crippen LogP contribution >= 0.6 is 24.4 Å². The number of hydrogen-bond donors (Lipinski definition) is 4. The summed E-state index contributed by atoms with van der Waals surface area (Å²) in [7, 11) is 1.31. The first-order valence-corrected chi connectivity index (χ1v) is 13.2. The van der Waals surface area contributed by atoms with Crippen molar-refractivity contribution in [2.75, 3.05) is 36.7 Å². The van der Waals surface area contributed by atoms with Gasteiger partial charge in [-0.15, -0.1) is 0 Å². The van der Waals surface area contributed by atoms with Crippen molar-refractivity contribution in [2.24, 2.45) is 5.73 Å². The number of carbonyl (C=O) groups is 2. The number of nitrogens with two attached hydrogens (primary N) is 1. The van der Waals surface area contributed by atoms with Crippen molar-refractivity contribution in [1.82, 2.24) is 10.3 Å². The maximum atomic E-state index is 13.0. The SMILES string of the molecule is CC[C@@H](Oc1nc(-c2ccccc2)ccc1NCC(N)CS)C(=O)N[C@@H](CCSC)C(=O)OC. The van der Waals surface area contributed by atoms with E-state index in [-0.39, 0.29) is 11.9 Å². The molecule has 2 rings (SSSR count). The van der Waals surface area contributed by atoms with Crippen LogP contribution in [0.5, 0.6) is 5.88 Å². The van der Waals surface area contributed by atoms with E-state index >= 15 is 0 Å². The Bertz CT molecular complexity index is 917. The van der Waals surface area contributed by atoms with Crippen LogP contribution in [-0.4, -0.2) is 66.5 Å². The molecule has 0 fully saturated rings. The van der Waals surface area contributed by atoms with Crippen LogP contribution in [0.2, 0.25) is 0 Å². The lowest BCUT2D eigenvalue weighted by Gasteiger charge is -2.23. The minimum Gasteiger partial charge on any atom is -0.467 e. The maximum Gasteiger partial charge on any atom is 0.328 e. The van der Waals surface area contributed by atoms with Gasteiger partial charge in [0.2, 0.25) is 5.88 Å². The molecule has 1 heterocycles. The maximum absolute atomic E-state index is 13.0. The molecule has 0 aliphatic carbocycles. The fourth-order valence-electron chi connectivity index (χ4n) is 3.09. The van der Waals surface area contributed by atoms with Crippen LogP contribution in [-0.2, 0) is 14.3 Å². The molecule has 186 valence electrons. The van der Waals surface area contributed by atoms with E-state index in [2.05, 4.69) is 28.2 Å². The van der Waals surface area contributed by atoms with Crippen LogP contribution in [0, 0.1) is 0 Å². The number of aromatic nitrogens is 1. The number of esters is 1. The predicted molar refractivity (Wildman–Crippen MR) is 142 cm³/mol. The monoisotopic (exact) mass is 506 g/mol. The van der Waals surface area contributed by atoms with Crippen LogP contribution < -0.4 is 21.1 Å². The van der Waals surface area contributed by atoms with Gasteiger partial charge < -0.3 is 25.8 Å². The number of ether oxygens (including phenoxy) is 2. The fourth-order valence-corrected chi connectivity index (χ4v) is 3.69. The molecule has 0 radical (unpaired) electrons. The van der Waals surface area contributed by atoms with E-state index in [4.69, 9.17) is 15.2 Å². The molecule has 1 aromatic carbocycles. The molecular formula is C24H34N4O4S2. The highest BCUT2D eigenvalue weighted by Crippen LogP contribution is 2.28. The van der Waals surface area contributed by atoms with Crippen molar-refractivity contribution in [3.05, 3.63) is 42.5 Å². The Kier molecular flexibility index (Phi) is 12.1. The number of benzene rings is 1. The number of thioether (sulfide) groups is 1. The summed E-state index contributed by atoms with van der Waals surface area (Å²) >= 11 is 5.81. The van der Waals surface area contributed by atoms with E-state index in [9.17, 15) is 9.59 Å². The third kappa shape index (κ3) is 8.41.